The number of benzene rings is 5. The number of aromatic nitrogens is 25. The van der Waals surface area contributed by atoms with Crippen LogP contribution in [0.1, 0.15) is 108 Å². The number of pyridine rings is 1. The van der Waals surface area contributed by atoms with E-state index in [0.717, 1.165) is 52.2 Å². The molecule has 0 amide bonds. The van der Waals surface area contributed by atoms with Crippen LogP contribution in [0.2, 0.25) is 0 Å². The number of para-hydroxylation sites is 4. The standard InChI is InChI=1S/C26H24FN9O2.C25H22N8O.C23H23N9O2.C20H21N9O/c1-13-6-4-5-7-17(13)36-19(33-21(14(2)28)23(30-3)26(36)38)11-35-25-20(24(29)31-12-32-25)22(34-35)15-8-9-16(27)18(37)10-15;1-15-5-3-4-6-20(15)33-21(29-19-13-28-31(2)23(19)25(33)34)14-32-24-22(17(26)11-12-27-24)18(30-32)10-9-16-7-8-16;1-13-7-4-5-9-16(13)32-17(29-19(14(2)24)20(26-3)23(32)34)11-31-22-18(21(25)27-12-28-22)15(30-31)8-6-10-33;1-11-6-4-5-7-13(11)29-14(27-15(12(2)21)16(23-3)20(29)30)8-28-10-26-17-18(22)24-9-25-19(17)28/h4-10,12,28,30,37H,11H2,1-3H3,(H2,29,31,32);3-6,11-13,16H,7-8,14H2,1-2H3,(H2,26,27);4-5,7,9,12,24,26,33H,10-11H2,1-3H3,(H2,25,27,28);4-7,9-10,21,23H,8H2,1-3H3,(H2,22,24,25). The molecule has 16 N–H and O–H groups in total. The summed E-state index contributed by atoms with van der Waals surface area (Å²) in [5, 5.41) is 72.0. The molecule has 684 valence electrons. The second kappa shape index (κ2) is 38.1. The maximum absolute atomic E-state index is 13.8. The number of hydrogen-bond acceptors (Lipinski definition) is 32. The minimum Gasteiger partial charge on any atom is -0.505 e. The van der Waals surface area contributed by atoms with Crippen molar-refractivity contribution in [1.29, 1.82) is 16.2 Å². The first kappa shape index (κ1) is 91.1. The number of nitrogen functional groups attached to an aromatic ring is 4. The third-order valence-electron chi connectivity index (χ3n) is 22.4. The van der Waals surface area contributed by atoms with E-state index in [4.69, 9.17) is 59.3 Å². The van der Waals surface area contributed by atoms with Gasteiger partial charge in [-0.1, -0.05) is 84.6 Å². The summed E-state index contributed by atoms with van der Waals surface area (Å²) >= 11 is 0. The Kier molecular flexibility index (Phi) is 25.5. The summed E-state index contributed by atoms with van der Waals surface area (Å²) in [4.78, 5) is 107. The van der Waals surface area contributed by atoms with Gasteiger partial charge in [-0.05, 0) is 144 Å². The maximum Gasteiger partial charge on any atom is 0.284 e. The molecule has 0 radical (unpaired) electrons. The van der Waals surface area contributed by atoms with Gasteiger partial charge in [0.2, 0.25) is 0 Å². The first-order valence-corrected chi connectivity index (χ1v) is 42.4. The fraction of sp³-hybridized carbons (Fsp3) is 0.202. The Hall–Kier alpha value is -18.2. The molecule has 13 heterocycles. The topological polar surface area (TPSA) is 571 Å². The van der Waals surface area contributed by atoms with Gasteiger partial charge in [0, 0.05) is 51.6 Å². The van der Waals surface area contributed by atoms with Crippen molar-refractivity contribution in [2.45, 2.75) is 87.5 Å². The van der Waals surface area contributed by atoms with Gasteiger partial charge >= 0.3 is 0 Å². The number of fused-ring (bicyclic) bond motifs is 5. The van der Waals surface area contributed by atoms with E-state index >= 15 is 0 Å². The third-order valence-corrected chi connectivity index (χ3v) is 22.4. The Morgan fingerprint density at radius 3 is 1.39 bits per heavy atom. The van der Waals surface area contributed by atoms with Crippen molar-refractivity contribution in [3.8, 4) is 63.4 Å². The summed E-state index contributed by atoms with van der Waals surface area (Å²) in [5.41, 5.74) is 37.1. The van der Waals surface area contributed by atoms with E-state index in [0.29, 0.717) is 130 Å². The van der Waals surface area contributed by atoms with Crippen molar-refractivity contribution in [3.63, 3.8) is 0 Å². The minimum atomic E-state index is -0.771. The van der Waals surface area contributed by atoms with Crippen LogP contribution in [0.15, 0.2) is 178 Å². The molecule has 19 rings (SSSR count). The number of nitrogens with zero attached hydrogens (tertiary/aromatic N) is 25. The second-order valence-electron chi connectivity index (χ2n) is 31.6. The number of nitrogens with two attached hydrogens (primary N) is 4. The molecular formula is C94H90FN35O6. The fourth-order valence-electron chi connectivity index (χ4n) is 15.7. The lowest BCUT2D eigenvalue weighted by atomic mass is 10.1. The predicted molar refractivity (Wildman–Crippen MR) is 517 cm³/mol. The maximum atomic E-state index is 13.8. The summed E-state index contributed by atoms with van der Waals surface area (Å²) < 4.78 is 28.0. The number of aromatic hydroxyl groups is 1. The first-order valence-electron chi connectivity index (χ1n) is 42.4. The Labute approximate surface area is 772 Å². The van der Waals surface area contributed by atoms with Gasteiger partial charge in [0.15, 0.2) is 45.5 Å². The highest BCUT2D eigenvalue weighted by molar-refractivity contribution is 6.02. The van der Waals surface area contributed by atoms with E-state index in [9.17, 15) is 28.7 Å². The van der Waals surface area contributed by atoms with E-state index in [1.165, 1.54) is 49.6 Å². The van der Waals surface area contributed by atoms with Crippen LogP contribution < -0.4 is 61.1 Å². The van der Waals surface area contributed by atoms with Gasteiger partial charge in [0.25, 0.3) is 22.2 Å². The molecule has 136 heavy (non-hydrogen) atoms. The average molecular weight is 1820 g/mol. The molecule has 41 nitrogen and oxygen atoms in total. The number of imidazole rings is 1. The van der Waals surface area contributed by atoms with Gasteiger partial charge in [-0.3, -0.25) is 42.1 Å². The zero-order valence-corrected chi connectivity index (χ0v) is 75.4. The largest absolute Gasteiger partial charge is 0.505 e. The van der Waals surface area contributed by atoms with Crippen LogP contribution >= 0.6 is 0 Å². The quantitative estimate of drug-likeness (QED) is 0.0266. The number of aryl methyl sites for hydroxylation is 5. The lowest BCUT2D eigenvalue weighted by molar-refractivity contribution is 0.350. The van der Waals surface area contributed by atoms with Gasteiger partial charge in [-0.2, -0.15) is 20.4 Å². The molecule has 0 atom stereocenters. The molecule has 42 heteroatoms. The normalized spacial score (nSPS) is 11.6. The molecule has 1 aliphatic rings. The first-order chi connectivity index (χ1) is 65.5. The summed E-state index contributed by atoms with van der Waals surface area (Å²) in [5.74, 6) is 13.2. The number of aliphatic hydroxyl groups is 1. The van der Waals surface area contributed by atoms with Gasteiger partial charge < -0.3 is 69.9 Å². The highest BCUT2D eigenvalue weighted by Gasteiger charge is 2.29. The number of anilines is 7. The lowest BCUT2D eigenvalue weighted by Crippen LogP contribution is -2.30. The van der Waals surface area contributed by atoms with Crippen LogP contribution in [0.4, 0.5) is 44.6 Å². The summed E-state index contributed by atoms with van der Waals surface area (Å²) in [6.45, 7) is 12.5. The highest BCUT2D eigenvalue weighted by Crippen LogP contribution is 2.35. The van der Waals surface area contributed by atoms with Gasteiger partial charge in [0.1, 0.15) is 142 Å². The number of phenols is 1. The summed E-state index contributed by atoms with van der Waals surface area (Å²) in [6, 6.07) is 35.7. The van der Waals surface area contributed by atoms with Crippen LogP contribution in [0.5, 0.6) is 5.75 Å². The molecule has 5 aromatic carbocycles. The van der Waals surface area contributed by atoms with E-state index < -0.39 is 11.6 Å². The molecule has 0 spiro atoms. The van der Waals surface area contributed by atoms with Gasteiger partial charge in [-0.25, -0.2) is 78.2 Å². The molecule has 13 aromatic heterocycles. The zero-order valence-electron chi connectivity index (χ0n) is 75.4. The Morgan fingerprint density at radius 1 is 0.500 bits per heavy atom. The molecule has 0 unspecified atom stereocenters. The number of hydrogen-bond donors (Lipinski definition) is 12. The molecule has 1 fully saturated rings. The lowest BCUT2D eigenvalue weighted by Gasteiger charge is -2.18. The molecular weight excluding hydrogens is 1730 g/mol. The zero-order chi connectivity index (χ0) is 96.4. The third kappa shape index (κ3) is 17.6. The van der Waals surface area contributed by atoms with Crippen molar-refractivity contribution >= 4 is 113 Å². The van der Waals surface area contributed by atoms with Crippen LogP contribution in [0, 0.1) is 79.3 Å². The number of rotatable bonds is 19. The van der Waals surface area contributed by atoms with Crippen molar-refractivity contribution in [1.82, 2.24) is 122 Å². The second-order valence-corrected chi connectivity index (χ2v) is 31.6. The van der Waals surface area contributed by atoms with Gasteiger partial charge in [0.05, 0.1) is 75.1 Å². The SMILES string of the molecule is CNc1c(C(C)=N)nc(Cn2cnc3c(N)ncnc32)n(-c2ccccc2C)c1=O.CNc1c(C(C)=N)nc(Cn2nc(-c3ccc(F)c(O)c3)c3c(N)ncnc32)n(-c2ccccc2C)c1=O.CNc1c(C(C)=N)nc(Cn2nc(C#CCO)c3c(N)ncnc32)n(-c2ccccc2C)c1=O.Cc1ccccc1-n1c(Cn2nc(C#CC3CC3)c3c(N)ccnc32)nc2cnn(C)c2c1=O. The van der Waals surface area contributed by atoms with Crippen molar-refractivity contribution in [3.05, 3.63) is 280 Å². The molecule has 0 bridgehead atoms. The Morgan fingerprint density at radius 2 is 0.926 bits per heavy atom. The monoisotopic (exact) mass is 1820 g/mol. The van der Waals surface area contributed by atoms with Crippen molar-refractivity contribution < 1.29 is 14.6 Å². The van der Waals surface area contributed by atoms with E-state index in [2.05, 4.69) is 105 Å². The molecule has 1 aliphatic carbocycles. The van der Waals surface area contributed by atoms with Crippen LogP contribution in [0.25, 0.3) is 89.3 Å². The van der Waals surface area contributed by atoms with Crippen molar-refractivity contribution in [2.24, 2.45) is 13.0 Å². The predicted octanol–water partition coefficient (Wildman–Crippen LogP) is 8.64. The van der Waals surface area contributed by atoms with Crippen LogP contribution in [-0.2, 0) is 33.2 Å². The Balaban J connectivity index is 0.000000132. The highest BCUT2D eigenvalue weighted by atomic mass is 19.1. The fourth-order valence-corrected chi connectivity index (χ4v) is 15.7. The minimum absolute atomic E-state index is 0.0199. The van der Waals surface area contributed by atoms with E-state index in [1.807, 2.05) is 125 Å². The van der Waals surface area contributed by atoms with E-state index in [-0.39, 0.29) is 118 Å². The van der Waals surface area contributed by atoms with Crippen molar-refractivity contribution in [2.75, 3.05) is 66.6 Å². The number of aliphatic hydroxyl groups excluding tert-OH is 1. The average Bonchev–Trinajstić information content (AvgIpc) is 1.34. The summed E-state index contributed by atoms with van der Waals surface area (Å²) in [6.07, 6.45) is 11.1. The molecule has 1 saturated carbocycles. The number of phenolic OH excluding ortho intramolecular Hbond substituents is 1. The van der Waals surface area contributed by atoms with Crippen LogP contribution in [-0.4, -0.2) is 177 Å². The summed E-state index contributed by atoms with van der Waals surface area (Å²) in [7, 11) is 6.62. The Bertz CT molecular complexity index is 8290. The molecule has 18 aromatic rings. The molecule has 0 saturated heterocycles. The molecule has 0 aliphatic heterocycles. The number of halogens is 1. The van der Waals surface area contributed by atoms with E-state index in [1.54, 1.807) is 96.8 Å². The van der Waals surface area contributed by atoms with Crippen LogP contribution in [0.3, 0.4) is 0 Å². The smallest absolute Gasteiger partial charge is 0.284 e. The van der Waals surface area contributed by atoms with Gasteiger partial charge in [-0.15, -0.1) is 0 Å². The number of nitrogens with one attached hydrogen (secondary N) is 6.